The summed E-state index contributed by atoms with van der Waals surface area (Å²) >= 11 is 0. The maximum atomic E-state index is 11.1. The summed E-state index contributed by atoms with van der Waals surface area (Å²) in [4.78, 5) is 13.3. The van der Waals surface area contributed by atoms with Gasteiger partial charge >= 0.3 is 0 Å². The second-order valence-corrected chi connectivity index (χ2v) is 4.13. The van der Waals surface area contributed by atoms with Crippen LogP contribution in [-0.4, -0.2) is 23.8 Å². The van der Waals surface area contributed by atoms with Crippen molar-refractivity contribution in [2.24, 2.45) is 5.92 Å². The SMILES string of the molecule is C#CCN(CC1CC1)C1=CC(=O)CC1. The fourth-order valence-corrected chi connectivity index (χ4v) is 1.84. The van der Waals surface area contributed by atoms with Crippen LogP contribution in [0.25, 0.3) is 0 Å². The van der Waals surface area contributed by atoms with Crippen LogP contribution in [0.1, 0.15) is 25.7 Å². The molecule has 1 saturated carbocycles. The summed E-state index contributed by atoms with van der Waals surface area (Å²) in [6.07, 6.45) is 11.3. The van der Waals surface area contributed by atoms with Crippen LogP contribution in [0.2, 0.25) is 0 Å². The standard InChI is InChI=1S/C12H15NO/c1-2-7-13(9-10-3-4-10)11-5-6-12(14)8-11/h1,8,10H,3-7,9H2. The van der Waals surface area contributed by atoms with Crippen LogP contribution in [-0.2, 0) is 4.79 Å². The zero-order valence-electron chi connectivity index (χ0n) is 8.33. The van der Waals surface area contributed by atoms with Gasteiger partial charge < -0.3 is 4.90 Å². The van der Waals surface area contributed by atoms with Crippen molar-refractivity contribution in [3.05, 3.63) is 11.8 Å². The summed E-state index contributed by atoms with van der Waals surface area (Å²) in [5.74, 6) is 3.73. The number of hydrogen-bond acceptors (Lipinski definition) is 2. The molecular weight excluding hydrogens is 174 g/mol. The molecule has 0 heterocycles. The zero-order chi connectivity index (χ0) is 9.97. The van der Waals surface area contributed by atoms with Gasteiger partial charge in [-0.05, 0) is 25.2 Å². The molecule has 2 heteroatoms. The summed E-state index contributed by atoms with van der Waals surface area (Å²) in [5.41, 5.74) is 1.15. The van der Waals surface area contributed by atoms with E-state index in [4.69, 9.17) is 6.42 Å². The Labute approximate surface area is 85.0 Å². The van der Waals surface area contributed by atoms with Gasteiger partial charge in [-0.1, -0.05) is 5.92 Å². The van der Waals surface area contributed by atoms with Crippen molar-refractivity contribution in [3.63, 3.8) is 0 Å². The summed E-state index contributed by atoms with van der Waals surface area (Å²) in [6, 6.07) is 0. The van der Waals surface area contributed by atoms with Gasteiger partial charge in [0.15, 0.2) is 5.78 Å². The molecule has 2 rings (SSSR count). The van der Waals surface area contributed by atoms with E-state index < -0.39 is 0 Å². The average Bonchev–Trinajstić information content (AvgIpc) is 2.87. The first-order chi connectivity index (χ1) is 6.79. The Balaban J connectivity index is 1.98. The number of hydrogen-bond donors (Lipinski definition) is 0. The molecule has 0 aromatic rings. The number of rotatable bonds is 4. The molecule has 0 aliphatic heterocycles. The highest BCUT2D eigenvalue weighted by molar-refractivity contribution is 5.92. The average molecular weight is 189 g/mol. The van der Waals surface area contributed by atoms with Crippen molar-refractivity contribution >= 4 is 5.78 Å². The minimum absolute atomic E-state index is 0.248. The molecule has 1 fully saturated rings. The lowest BCUT2D eigenvalue weighted by Gasteiger charge is -2.23. The first-order valence-electron chi connectivity index (χ1n) is 5.21. The van der Waals surface area contributed by atoms with E-state index in [1.165, 1.54) is 12.8 Å². The molecule has 2 nitrogen and oxygen atoms in total. The van der Waals surface area contributed by atoms with E-state index in [1.54, 1.807) is 6.08 Å². The van der Waals surface area contributed by atoms with Gasteiger partial charge in [0.2, 0.25) is 0 Å². The molecule has 0 atom stereocenters. The quantitative estimate of drug-likeness (QED) is 0.626. The molecule has 0 N–H and O–H groups in total. The van der Waals surface area contributed by atoms with E-state index in [-0.39, 0.29) is 5.78 Å². The van der Waals surface area contributed by atoms with E-state index in [9.17, 15) is 4.79 Å². The third-order valence-corrected chi connectivity index (χ3v) is 2.82. The summed E-state index contributed by atoms with van der Waals surface area (Å²) in [6.45, 7) is 1.69. The van der Waals surface area contributed by atoms with E-state index in [0.717, 1.165) is 24.6 Å². The Morgan fingerprint density at radius 2 is 2.29 bits per heavy atom. The molecule has 0 spiro atoms. The number of carbonyl (C=O) groups excluding carboxylic acids is 1. The van der Waals surface area contributed by atoms with Crippen molar-refractivity contribution in [1.29, 1.82) is 0 Å². The van der Waals surface area contributed by atoms with Crippen molar-refractivity contribution < 1.29 is 4.79 Å². The fraction of sp³-hybridized carbons (Fsp3) is 0.583. The molecule has 0 unspecified atom stereocenters. The topological polar surface area (TPSA) is 20.3 Å². The fourth-order valence-electron chi connectivity index (χ4n) is 1.84. The summed E-state index contributed by atoms with van der Waals surface area (Å²) in [5, 5.41) is 0. The molecule has 74 valence electrons. The third-order valence-electron chi connectivity index (χ3n) is 2.82. The predicted octanol–water partition coefficient (Wildman–Crippen LogP) is 1.58. The minimum Gasteiger partial charge on any atom is -0.363 e. The largest absolute Gasteiger partial charge is 0.363 e. The lowest BCUT2D eigenvalue weighted by atomic mass is 10.3. The first-order valence-corrected chi connectivity index (χ1v) is 5.21. The Bertz CT molecular complexity index is 307. The van der Waals surface area contributed by atoms with Gasteiger partial charge in [0.05, 0.1) is 6.54 Å². The van der Waals surface area contributed by atoms with Crippen LogP contribution in [0.15, 0.2) is 11.8 Å². The van der Waals surface area contributed by atoms with Crippen LogP contribution in [0.4, 0.5) is 0 Å². The van der Waals surface area contributed by atoms with Crippen molar-refractivity contribution in [2.45, 2.75) is 25.7 Å². The number of nitrogens with zero attached hydrogens (tertiary/aromatic N) is 1. The molecule has 0 aromatic heterocycles. The molecule has 0 radical (unpaired) electrons. The van der Waals surface area contributed by atoms with Gasteiger partial charge in [-0.3, -0.25) is 4.79 Å². The molecule has 2 aliphatic rings. The maximum absolute atomic E-state index is 11.1. The van der Waals surface area contributed by atoms with E-state index in [2.05, 4.69) is 10.8 Å². The highest BCUT2D eigenvalue weighted by atomic mass is 16.1. The number of carbonyl (C=O) groups is 1. The van der Waals surface area contributed by atoms with Crippen LogP contribution < -0.4 is 0 Å². The predicted molar refractivity (Wildman–Crippen MR) is 55.5 cm³/mol. The molecule has 2 aliphatic carbocycles. The van der Waals surface area contributed by atoms with Crippen LogP contribution in [0.5, 0.6) is 0 Å². The Morgan fingerprint density at radius 1 is 1.50 bits per heavy atom. The second kappa shape index (κ2) is 3.88. The smallest absolute Gasteiger partial charge is 0.157 e. The van der Waals surface area contributed by atoms with Crippen molar-refractivity contribution in [1.82, 2.24) is 4.90 Å². The van der Waals surface area contributed by atoms with Gasteiger partial charge in [0.1, 0.15) is 0 Å². The van der Waals surface area contributed by atoms with Gasteiger partial charge in [-0.25, -0.2) is 0 Å². The van der Waals surface area contributed by atoms with Crippen LogP contribution >= 0.6 is 0 Å². The normalized spacial score (nSPS) is 20.5. The number of allylic oxidation sites excluding steroid dienone is 2. The van der Waals surface area contributed by atoms with Crippen LogP contribution in [0, 0.1) is 18.3 Å². The molecule has 0 amide bonds. The van der Waals surface area contributed by atoms with Gasteiger partial charge in [-0.15, -0.1) is 6.42 Å². The third kappa shape index (κ3) is 2.17. The van der Waals surface area contributed by atoms with Crippen molar-refractivity contribution in [2.75, 3.05) is 13.1 Å². The molecular formula is C12H15NO. The van der Waals surface area contributed by atoms with E-state index >= 15 is 0 Å². The molecule has 14 heavy (non-hydrogen) atoms. The summed E-state index contributed by atoms with van der Waals surface area (Å²) in [7, 11) is 0. The highest BCUT2D eigenvalue weighted by Crippen LogP contribution is 2.32. The monoisotopic (exact) mass is 189 g/mol. The lowest BCUT2D eigenvalue weighted by molar-refractivity contribution is -0.114. The number of ketones is 1. The number of terminal acetylenes is 1. The lowest BCUT2D eigenvalue weighted by Crippen LogP contribution is -2.25. The van der Waals surface area contributed by atoms with Gasteiger partial charge in [-0.2, -0.15) is 0 Å². The molecule has 0 aromatic carbocycles. The first kappa shape index (κ1) is 9.33. The van der Waals surface area contributed by atoms with Gasteiger partial charge in [0.25, 0.3) is 0 Å². The Kier molecular flexibility index (Phi) is 2.58. The van der Waals surface area contributed by atoms with Crippen molar-refractivity contribution in [3.8, 4) is 12.3 Å². The maximum Gasteiger partial charge on any atom is 0.157 e. The second-order valence-electron chi connectivity index (χ2n) is 4.13. The Hall–Kier alpha value is -1.23. The van der Waals surface area contributed by atoms with Crippen LogP contribution in [0.3, 0.4) is 0 Å². The van der Waals surface area contributed by atoms with E-state index in [1.807, 2.05) is 0 Å². The van der Waals surface area contributed by atoms with Gasteiger partial charge in [0, 0.05) is 24.7 Å². The highest BCUT2D eigenvalue weighted by Gasteiger charge is 2.26. The zero-order valence-corrected chi connectivity index (χ0v) is 8.33. The molecule has 0 saturated heterocycles. The Morgan fingerprint density at radius 3 is 2.79 bits per heavy atom. The minimum atomic E-state index is 0.248. The summed E-state index contributed by atoms with van der Waals surface area (Å²) < 4.78 is 0. The van der Waals surface area contributed by atoms with E-state index in [0.29, 0.717) is 13.0 Å². The molecule has 0 bridgehead atoms.